The van der Waals surface area contributed by atoms with Crippen LogP contribution in [-0.4, -0.2) is 56.3 Å². The summed E-state index contributed by atoms with van der Waals surface area (Å²) in [5.74, 6) is 3.45. The summed E-state index contributed by atoms with van der Waals surface area (Å²) >= 11 is 0. The van der Waals surface area contributed by atoms with Gasteiger partial charge in [-0.15, -0.1) is 0 Å². The average molecular weight is 681 g/mol. The van der Waals surface area contributed by atoms with E-state index >= 15 is 0 Å². The maximum absolute atomic E-state index is 12.2. The molecule has 5 nitrogen and oxygen atoms in total. The molecule has 0 unspecified atom stereocenters. The molecule has 4 rings (SSSR count). The summed E-state index contributed by atoms with van der Waals surface area (Å²) in [6.45, 7) is 29.3. The van der Waals surface area contributed by atoms with E-state index in [4.69, 9.17) is 18.0 Å². The molecule has 0 aliphatic heterocycles. The Morgan fingerprint density at radius 1 is 0.800 bits per heavy atom. The van der Waals surface area contributed by atoms with Gasteiger partial charge in [0.15, 0.2) is 25.0 Å². The summed E-state index contributed by atoms with van der Waals surface area (Å²) in [5.41, 5.74) is 0.422. The lowest BCUT2D eigenvalue weighted by molar-refractivity contribution is -0.199. The zero-order chi connectivity index (χ0) is 33.6. The van der Waals surface area contributed by atoms with Gasteiger partial charge < -0.3 is 18.0 Å². The Bertz CT molecular complexity index is 1020. The standard InChI is InChI=1S/C37H72O5Si3/c1-14-43(8,9)40-28-21-22-36(5)27(23-28)24-32(41-44(10,11)15-2)35-30-19-18-29(26(4)17-20-34(38)39-7)37(30,6)33(25-31(35)36)42-45(12,13)16-3/h26-33,35H,14-25H2,1-13H3/t26-,27+,28-,29-,30+,31+,32-,33-,35+,36+,37-/m1/s1. The Morgan fingerprint density at radius 3 is 2.00 bits per heavy atom. The van der Waals surface area contributed by atoms with E-state index in [1.54, 1.807) is 0 Å². The van der Waals surface area contributed by atoms with E-state index < -0.39 is 25.0 Å². The lowest BCUT2D eigenvalue weighted by Crippen LogP contribution is -2.65. The highest BCUT2D eigenvalue weighted by Crippen LogP contribution is 2.70. The molecule has 4 aliphatic carbocycles. The van der Waals surface area contributed by atoms with Gasteiger partial charge in [-0.05, 0) is 155 Å². The first-order valence-corrected chi connectivity index (χ1v) is 28.3. The highest BCUT2D eigenvalue weighted by Gasteiger charge is 2.67. The van der Waals surface area contributed by atoms with Crippen LogP contribution in [0.15, 0.2) is 0 Å². The fourth-order valence-electron chi connectivity index (χ4n) is 10.6. The molecular weight excluding hydrogens is 609 g/mol. The lowest BCUT2D eigenvalue weighted by Gasteiger charge is -2.66. The van der Waals surface area contributed by atoms with Crippen LogP contribution in [0.2, 0.25) is 57.4 Å². The average Bonchev–Trinajstić information content (AvgIpc) is 3.34. The zero-order valence-corrected chi connectivity index (χ0v) is 34.7. The van der Waals surface area contributed by atoms with Crippen molar-refractivity contribution in [2.45, 2.75) is 175 Å². The summed E-state index contributed by atoms with van der Waals surface area (Å²) in [6, 6.07) is 3.51. The van der Waals surface area contributed by atoms with E-state index in [1.165, 1.54) is 64.1 Å². The minimum absolute atomic E-state index is 0.0754. The van der Waals surface area contributed by atoms with E-state index in [2.05, 4.69) is 80.8 Å². The third-order valence-electron chi connectivity index (χ3n) is 14.4. The van der Waals surface area contributed by atoms with Crippen molar-refractivity contribution in [3.05, 3.63) is 0 Å². The Balaban J connectivity index is 1.74. The van der Waals surface area contributed by atoms with Crippen molar-refractivity contribution in [3.63, 3.8) is 0 Å². The number of rotatable bonds is 13. The molecule has 0 aromatic heterocycles. The lowest BCUT2D eigenvalue weighted by atomic mass is 9.43. The zero-order valence-electron chi connectivity index (χ0n) is 31.7. The van der Waals surface area contributed by atoms with Gasteiger partial charge in [-0.3, -0.25) is 4.79 Å². The first-order chi connectivity index (χ1) is 20.9. The van der Waals surface area contributed by atoms with Crippen molar-refractivity contribution >= 4 is 30.9 Å². The molecule has 0 heterocycles. The fourth-order valence-corrected chi connectivity index (χ4v) is 14.4. The van der Waals surface area contributed by atoms with Gasteiger partial charge in [-0.1, -0.05) is 41.5 Å². The maximum Gasteiger partial charge on any atom is 0.305 e. The van der Waals surface area contributed by atoms with Gasteiger partial charge in [0.1, 0.15) is 0 Å². The molecule has 11 atom stereocenters. The van der Waals surface area contributed by atoms with Crippen molar-refractivity contribution < 1.29 is 22.8 Å². The number of esters is 1. The number of hydrogen-bond donors (Lipinski definition) is 0. The molecule has 0 aromatic rings. The first kappa shape index (κ1) is 37.8. The second kappa shape index (κ2) is 14.1. The Hall–Kier alpha value is 0.000649. The molecule has 0 radical (unpaired) electrons. The molecule has 4 saturated carbocycles. The van der Waals surface area contributed by atoms with Crippen LogP contribution in [0.3, 0.4) is 0 Å². The predicted molar refractivity (Wildman–Crippen MR) is 195 cm³/mol. The van der Waals surface area contributed by atoms with Gasteiger partial charge in [0.25, 0.3) is 0 Å². The van der Waals surface area contributed by atoms with Crippen molar-refractivity contribution in [1.29, 1.82) is 0 Å². The van der Waals surface area contributed by atoms with Crippen LogP contribution in [-0.2, 0) is 22.8 Å². The highest BCUT2D eigenvalue weighted by molar-refractivity contribution is 6.71. The first-order valence-electron chi connectivity index (χ1n) is 19.0. The van der Waals surface area contributed by atoms with Gasteiger partial charge in [0.05, 0.1) is 13.2 Å². The fraction of sp³-hybridized carbons (Fsp3) is 0.973. The largest absolute Gasteiger partial charge is 0.469 e. The van der Waals surface area contributed by atoms with Crippen molar-refractivity contribution in [2.24, 2.45) is 46.3 Å². The maximum atomic E-state index is 12.2. The van der Waals surface area contributed by atoms with Crippen LogP contribution in [0.4, 0.5) is 0 Å². The van der Waals surface area contributed by atoms with Crippen LogP contribution in [0.1, 0.15) is 99.3 Å². The molecule has 0 spiro atoms. The molecule has 0 bridgehead atoms. The SMILES string of the molecule is CC[Si](C)(C)O[C@@H]1CC[C@@]2(C)[C@@H](C1)C[C@@H](O[Si](C)(C)CC)[C@@H]1[C@@H]2C[C@@H](O[Si](C)(C)CC)[C@]2(C)[C@@H]([C@H](C)CCC(=O)OC)CC[C@@H]12. The number of fused-ring (bicyclic) bond motifs is 5. The Kier molecular flexibility index (Phi) is 11.8. The quantitative estimate of drug-likeness (QED) is 0.143. The number of carbonyl (C=O) groups is 1. The predicted octanol–water partition coefficient (Wildman–Crippen LogP) is 10.3. The topological polar surface area (TPSA) is 54.0 Å². The van der Waals surface area contributed by atoms with E-state index in [1.807, 2.05) is 0 Å². The molecule has 45 heavy (non-hydrogen) atoms. The minimum atomic E-state index is -1.82. The third-order valence-corrected chi connectivity index (χ3v) is 22.4. The van der Waals surface area contributed by atoms with Crippen LogP contribution >= 0.6 is 0 Å². The van der Waals surface area contributed by atoms with Gasteiger partial charge in [-0.25, -0.2) is 0 Å². The normalized spacial score (nSPS) is 39.5. The Morgan fingerprint density at radius 2 is 1.40 bits per heavy atom. The summed E-state index contributed by atoms with van der Waals surface area (Å²) in [4.78, 5) is 12.2. The molecule has 0 saturated heterocycles. The third kappa shape index (κ3) is 7.76. The van der Waals surface area contributed by atoms with Gasteiger partial charge in [0.2, 0.25) is 0 Å². The van der Waals surface area contributed by atoms with Crippen LogP contribution < -0.4 is 0 Å². The second-order valence-corrected chi connectivity index (χ2v) is 31.6. The Labute approximate surface area is 281 Å². The van der Waals surface area contributed by atoms with Crippen molar-refractivity contribution in [1.82, 2.24) is 0 Å². The monoisotopic (exact) mass is 680 g/mol. The van der Waals surface area contributed by atoms with Crippen molar-refractivity contribution in [2.75, 3.05) is 7.11 Å². The number of carbonyl (C=O) groups excluding carboxylic acids is 1. The van der Waals surface area contributed by atoms with Crippen LogP contribution in [0.25, 0.3) is 0 Å². The van der Waals surface area contributed by atoms with Gasteiger partial charge >= 0.3 is 5.97 Å². The van der Waals surface area contributed by atoms with E-state index in [-0.39, 0.29) is 17.5 Å². The number of ether oxygens (including phenoxy) is 1. The number of hydrogen-bond acceptors (Lipinski definition) is 5. The van der Waals surface area contributed by atoms with Crippen LogP contribution in [0.5, 0.6) is 0 Å². The summed E-state index contributed by atoms with van der Waals surface area (Å²) in [7, 11) is -3.69. The second-order valence-electron chi connectivity index (χ2n) is 18.2. The molecular formula is C37H72O5Si3. The molecule has 4 fully saturated rings. The molecule has 0 N–H and O–H groups in total. The molecule has 0 amide bonds. The summed E-state index contributed by atoms with van der Waals surface area (Å²) in [5, 5.41) is 0. The molecule has 4 aliphatic rings. The summed E-state index contributed by atoms with van der Waals surface area (Å²) < 4.78 is 27.0. The van der Waals surface area contributed by atoms with Crippen molar-refractivity contribution in [3.8, 4) is 0 Å². The van der Waals surface area contributed by atoms with Gasteiger partial charge in [-0.2, -0.15) is 0 Å². The minimum Gasteiger partial charge on any atom is -0.469 e. The van der Waals surface area contributed by atoms with E-state index in [9.17, 15) is 4.79 Å². The number of methoxy groups -OCH3 is 1. The smallest absolute Gasteiger partial charge is 0.305 e. The van der Waals surface area contributed by atoms with Gasteiger partial charge in [0, 0.05) is 18.6 Å². The molecule has 0 aromatic carbocycles. The molecule has 262 valence electrons. The van der Waals surface area contributed by atoms with E-state index in [0.29, 0.717) is 59.6 Å². The van der Waals surface area contributed by atoms with E-state index in [0.717, 1.165) is 12.5 Å². The molecule has 8 heteroatoms. The highest BCUT2D eigenvalue weighted by atomic mass is 28.4. The van der Waals surface area contributed by atoms with Crippen LogP contribution in [0, 0.1) is 46.3 Å². The summed E-state index contributed by atoms with van der Waals surface area (Å²) in [6.07, 6.45) is 11.1.